The van der Waals surface area contributed by atoms with Gasteiger partial charge in [0, 0.05) is 16.5 Å². The Balaban J connectivity index is 1.35. The lowest BCUT2D eigenvalue weighted by Gasteiger charge is -2.08. The molecular formula is C32H23N. The number of nitrogens with zero attached hydrogens (tertiary/aromatic N) is 1. The van der Waals surface area contributed by atoms with E-state index in [9.17, 15) is 0 Å². The van der Waals surface area contributed by atoms with Gasteiger partial charge in [0.1, 0.15) is 0 Å². The molecule has 1 aromatic heterocycles. The van der Waals surface area contributed by atoms with E-state index in [2.05, 4.69) is 138 Å². The first kappa shape index (κ1) is 19.3. The van der Waals surface area contributed by atoms with Gasteiger partial charge in [0.2, 0.25) is 0 Å². The van der Waals surface area contributed by atoms with E-state index in [1.807, 2.05) is 6.07 Å². The van der Waals surface area contributed by atoms with Crippen LogP contribution >= 0.6 is 0 Å². The molecule has 0 saturated carbocycles. The first-order chi connectivity index (χ1) is 16.4. The maximum absolute atomic E-state index is 2.36. The van der Waals surface area contributed by atoms with Crippen LogP contribution in [0.1, 0.15) is 11.1 Å². The molecule has 0 amide bonds. The van der Waals surface area contributed by atoms with Crippen molar-refractivity contribution in [1.82, 2.24) is 4.57 Å². The average molecular weight is 422 g/mol. The highest BCUT2D eigenvalue weighted by Crippen LogP contribution is 2.32. The quantitative estimate of drug-likeness (QED) is 0.251. The lowest BCUT2D eigenvalue weighted by atomic mass is 10.0. The van der Waals surface area contributed by atoms with Gasteiger partial charge in [0.25, 0.3) is 0 Å². The molecule has 33 heavy (non-hydrogen) atoms. The molecule has 1 heterocycles. The van der Waals surface area contributed by atoms with Crippen LogP contribution in [0.15, 0.2) is 127 Å². The van der Waals surface area contributed by atoms with Crippen molar-refractivity contribution >= 4 is 34.0 Å². The van der Waals surface area contributed by atoms with Crippen molar-refractivity contribution in [3.63, 3.8) is 0 Å². The number of benzene rings is 5. The largest absolute Gasteiger partial charge is 0.309 e. The zero-order valence-electron chi connectivity index (χ0n) is 18.2. The Kier molecular flexibility index (Phi) is 4.86. The zero-order chi connectivity index (χ0) is 22.0. The van der Waals surface area contributed by atoms with E-state index in [4.69, 9.17) is 0 Å². The lowest BCUT2D eigenvalue weighted by Crippen LogP contribution is -1.93. The maximum Gasteiger partial charge on any atom is 0.0541 e. The average Bonchev–Trinajstić information content (AvgIpc) is 3.23. The molecule has 0 fully saturated rings. The molecule has 0 atom stereocenters. The van der Waals surface area contributed by atoms with Crippen LogP contribution in [0, 0.1) is 0 Å². The molecule has 0 saturated heterocycles. The summed E-state index contributed by atoms with van der Waals surface area (Å²) in [6.07, 6.45) is 4.37. The molecule has 6 aromatic rings. The molecular weight excluding hydrogens is 398 g/mol. The predicted octanol–water partition coefficient (Wildman–Crippen LogP) is 8.62. The third-order valence-electron chi connectivity index (χ3n) is 6.19. The van der Waals surface area contributed by atoms with Gasteiger partial charge in [0.15, 0.2) is 0 Å². The van der Waals surface area contributed by atoms with Crippen LogP contribution in [0.4, 0.5) is 0 Å². The van der Waals surface area contributed by atoms with Gasteiger partial charge in [-0.15, -0.1) is 0 Å². The molecule has 0 aliphatic rings. The second kappa shape index (κ2) is 8.29. The standard InChI is InChI=1S/C32H23N/c1-2-10-26(11-3-1)27-21-19-24(20-22-27)17-18-25-9-8-12-28(23-25)33-31-15-6-4-13-29(31)30-14-5-7-16-32(30)33/h1-23H/b18-17+. The Morgan fingerprint density at radius 1 is 0.424 bits per heavy atom. The van der Waals surface area contributed by atoms with Crippen LogP contribution < -0.4 is 0 Å². The minimum absolute atomic E-state index is 1.17. The van der Waals surface area contributed by atoms with E-state index < -0.39 is 0 Å². The van der Waals surface area contributed by atoms with E-state index in [1.54, 1.807) is 0 Å². The van der Waals surface area contributed by atoms with Crippen molar-refractivity contribution in [1.29, 1.82) is 0 Å². The Bertz CT molecular complexity index is 1530. The summed E-state index contributed by atoms with van der Waals surface area (Å²) in [5.74, 6) is 0. The van der Waals surface area contributed by atoms with Gasteiger partial charge >= 0.3 is 0 Å². The fourth-order valence-corrected chi connectivity index (χ4v) is 4.58. The van der Waals surface area contributed by atoms with Crippen LogP contribution in [-0.2, 0) is 0 Å². The molecule has 0 spiro atoms. The number of hydrogen-bond donors (Lipinski definition) is 0. The van der Waals surface area contributed by atoms with Crippen molar-refractivity contribution in [3.8, 4) is 16.8 Å². The molecule has 0 bridgehead atoms. The van der Waals surface area contributed by atoms with Crippen molar-refractivity contribution < 1.29 is 0 Å². The zero-order valence-corrected chi connectivity index (χ0v) is 18.2. The third kappa shape index (κ3) is 3.64. The van der Waals surface area contributed by atoms with Gasteiger partial charge in [-0.25, -0.2) is 0 Å². The number of fused-ring (bicyclic) bond motifs is 3. The van der Waals surface area contributed by atoms with E-state index in [0.717, 1.165) is 0 Å². The normalized spacial score (nSPS) is 11.5. The summed E-state index contributed by atoms with van der Waals surface area (Å²) in [6.45, 7) is 0. The topological polar surface area (TPSA) is 4.93 Å². The Hall–Kier alpha value is -4.36. The summed E-state index contributed by atoms with van der Waals surface area (Å²) in [7, 11) is 0. The molecule has 0 aliphatic carbocycles. The highest BCUT2D eigenvalue weighted by Gasteiger charge is 2.11. The molecule has 0 radical (unpaired) electrons. The molecule has 1 nitrogen and oxygen atoms in total. The lowest BCUT2D eigenvalue weighted by molar-refractivity contribution is 1.18. The summed E-state index contributed by atoms with van der Waals surface area (Å²) in [6, 6.07) is 45.2. The van der Waals surface area contributed by atoms with Gasteiger partial charge < -0.3 is 4.57 Å². The van der Waals surface area contributed by atoms with Crippen molar-refractivity contribution in [2.24, 2.45) is 0 Å². The van der Waals surface area contributed by atoms with Crippen LogP contribution in [0.2, 0.25) is 0 Å². The maximum atomic E-state index is 2.36. The summed E-state index contributed by atoms with van der Waals surface area (Å²) in [4.78, 5) is 0. The number of hydrogen-bond acceptors (Lipinski definition) is 0. The summed E-state index contributed by atoms with van der Waals surface area (Å²) >= 11 is 0. The van der Waals surface area contributed by atoms with Crippen LogP contribution in [0.5, 0.6) is 0 Å². The number of para-hydroxylation sites is 2. The van der Waals surface area contributed by atoms with Crippen molar-refractivity contribution in [2.75, 3.05) is 0 Å². The SMILES string of the molecule is C(=C\c1cccc(-n2c3ccccc3c3ccccc32)c1)/c1ccc(-c2ccccc2)cc1. The van der Waals surface area contributed by atoms with Gasteiger partial charge in [0.05, 0.1) is 11.0 Å². The first-order valence-electron chi connectivity index (χ1n) is 11.3. The second-order valence-electron chi connectivity index (χ2n) is 8.29. The summed E-state index contributed by atoms with van der Waals surface area (Å²) < 4.78 is 2.36. The van der Waals surface area contributed by atoms with Crippen molar-refractivity contribution in [2.45, 2.75) is 0 Å². The second-order valence-corrected chi connectivity index (χ2v) is 8.29. The third-order valence-corrected chi connectivity index (χ3v) is 6.19. The van der Waals surface area contributed by atoms with Gasteiger partial charge in [-0.2, -0.15) is 0 Å². The van der Waals surface area contributed by atoms with Gasteiger partial charge in [-0.05, 0) is 46.5 Å². The monoisotopic (exact) mass is 421 g/mol. The molecule has 156 valence electrons. The Morgan fingerprint density at radius 2 is 1.00 bits per heavy atom. The van der Waals surface area contributed by atoms with Crippen LogP contribution in [0.3, 0.4) is 0 Å². The molecule has 0 unspecified atom stereocenters. The minimum Gasteiger partial charge on any atom is -0.309 e. The van der Waals surface area contributed by atoms with Gasteiger partial charge in [-0.3, -0.25) is 0 Å². The van der Waals surface area contributed by atoms with E-state index in [0.29, 0.717) is 0 Å². The molecule has 1 heteroatoms. The molecule has 0 aliphatic heterocycles. The predicted molar refractivity (Wildman–Crippen MR) is 142 cm³/mol. The number of rotatable bonds is 4. The summed E-state index contributed by atoms with van der Waals surface area (Å²) in [5, 5.41) is 2.57. The first-order valence-corrected chi connectivity index (χ1v) is 11.3. The fraction of sp³-hybridized carbons (Fsp3) is 0. The van der Waals surface area contributed by atoms with Crippen LogP contribution in [0.25, 0.3) is 50.8 Å². The smallest absolute Gasteiger partial charge is 0.0541 e. The highest BCUT2D eigenvalue weighted by atomic mass is 15.0. The van der Waals surface area contributed by atoms with Crippen LogP contribution in [-0.4, -0.2) is 4.57 Å². The van der Waals surface area contributed by atoms with E-state index in [-0.39, 0.29) is 0 Å². The van der Waals surface area contributed by atoms with Crippen molar-refractivity contribution in [3.05, 3.63) is 139 Å². The van der Waals surface area contributed by atoms with Gasteiger partial charge in [-0.1, -0.05) is 115 Å². The minimum atomic E-state index is 1.17. The summed E-state index contributed by atoms with van der Waals surface area (Å²) in [5.41, 5.74) is 8.49. The number of aromatic nitrogens is 1. The molecule has 0 N–H and O–H groups in total. The molecule has 5 aromatic carbocycles. The fourth-order valence-electron chi connectivity index (χ4n) is 4.58. The Morgan fingerprint density at radius 3 is 1.70 bits per heavy atom. The van der Waals surface area contributed by atoms with E-state index in [1.165, 1.54) is 49.7 Å². The van der Waals surface area contributed by atoms with E-state index >= 15 is 0 Å². The highest BCUT2D eigenvalue weighted by molar-refractivity contribution is 6.09. The molecule has 6 rings (SSSR count). The Labute approximate surface area is 193 Å².